The third kappa shape index (κ3) is 5.59. The molecule has 1 N–H and O–H groups in total. The van der Waals surface area contributed by atoms with E-state index in [1.165, 1.54) is 35.3 Å². The van der Waals surface area contributed by atoms with Crippen LogP contribution in [0.4, 0.5) is 5.00 Å². The number of carbonyl (C=O) groups excluding carboxylic acids is 2. The van der Waals surface area contributed by atoms with Gasteiger partial charge in [0.25, 0.3) is 5.91 Å². The Balaban J connectivity index is 1.50. The van der Waals surface area contributed by atoms with Crippen LogP contribution >= 0.6 is 11.3 Å². The molecule has 7 heteroatoms. The average Bonchev–Trinajstić information content (AvgIpc) is 3.27. The van der Waals surface area contributed by atoms with Crippen LogP contribution in [0.15, 0.2) is 47.8 Å². The van der Waals surface area contributed by atoms with Crippen molar-refractivity contribution in [1.29, 1.82) is 0 Å². The Hall–Kier alpha value is -3.32. The van der Waals surface area contributed by atoms with Crippen LogP contribution in [-0.2, 0) is 22.4 Å². The Morgan fingerprint density at radius 3 is 2.32 bits per heavy atom. The number of carbonyl (C=O) groups is 2. The lowest BCUT2D eigenvalue weighted by Crippen LogP contribution is -2.21. The van der Waals surface area contributed by atoms with E-state index in [1.807, 2.05) is 12.3 Å². The molecule has 6 nitrogen and oxygen atoms in total. The van der Waals surface area contributed by atoms with E-state index in [2.05, 4.69) is 23.5 Å². The summed E-state index contributed by atoms with van der Waals surface area (Å²) in [5.41, 5.74) is 4.84. The van der Waals surface area contributed by atoms with Crippen LogP contribution in [-0.4, -0.2) is 31.7 Å². The number of ether oxygens (including phenoxy) is 3. The lowest BCUT2D eigenvalue weighted by atomic mass is 9.89. The van der Waals surface area contributed by atoms with E-state index in [9.17, 15) is 9.59 Å². The molecule has 1 aliphatic rings. The van der Waals surface area contributed by atoms with Gasteiger partial charge in [-0.25, -0.2) is 4.79 Å². The normalized spacial score (nSPS) is 12.5. The van der Waals surface area contributed by atoms with Gasteiger partial charge in [-0.1, -0.05) is 18.2 Å². The van der Waals surface area contributed by atoms with Gasteiger partial charge in [-0.05, 0) is 80.5 Å². The van der Waals surface area contributed by atoms with Crippen molar-refractivity contribution in [2.24, 2.45) is 0 Å². The first-order valence-electron chi connectivity index (χ1n) is 11.6. The van der Waals surface area contributed by atoms with Crippen LogP contribution in [0.5, 0.6) is 11.5 Å². The molecule has 1 aliphatic carbocycles. The molecule has 0 unspecified atom stereocenters. The van der Waals surface area contributed by atoms with Gasteiger partial charge in [0.2, 0.25) is 0 Å². The molecule has 0 spiro atoms. The summed E-state index contributed by atoms with van der Waals surface area (Å²) in [7, 11) is 0. The summed E-state index contributed by atoms with van der Waals surface area (Å²) in [6, 6.07) is 13.5. The highest BCUT2D eigenvalue weighted by molar-refractivity contribution is 7.15. The molecule has 0 aliphatic heterocycles. The topological polar surface area (TPSA) is 73.9 Å². The average molecular weight is 480 g/mol. The summed E-state index contributed by atoms with van der Waals surface area (Å²) in [6.07, 6.45) is 4.54. The molecule has 3 aromatic rings. The first-order chi connectivity index (χ1) is 16.6. The number of aryl methyl sites for hydroxylation is 2. The van der Waals surface area contributed by atoms with Crippen LogP contribution in [0.2, 0.25) is 0 Å². The Kier molecular flexibility index (Phi) is 7.85. The summed E-state index contributed by atoms with van der Waals surface area (Å²) < 4.78 is 16.3. The Morgan fingerprint density at radius 2 is 1.62 bits per heavy atom. The second-order valence-electron chi connectivity index (χ2n) is 8.01. The number of rotatable bonds is 9. The van der Waals surface area contributed by atoms with Crippen LogP contribution in [0.1, 0.15) is 48.2 Å². The molecule has 34 heavy (non-hydrogen) atoms. The molecule has 178 valence electrons. The molecule has 0 saturated carbocycles. The highest BCUT2D eigenvalue weighted by Gasteiger charge is 2.23. The van der Waals surface area contributed by atoms with Crippen molar-refractivity contribution in [3.05, 3.63) is 64.5 Å². The number of thiophene rings is 1. The molecule has 0 saturated heterocycles. The van der Waals surface area contributed by atoms with Crippen LogP contribution in [0, 0.1) is 0 Å². The molecule has 0 radical (unpaired) electrons. The second-order valence-corrected chi connectivity index (χ2v) is 8.89. The van der Waals surface area contributed by atoms with Crippen molar-refractivity contribution >= 4 is 28.2 Å². The van der Waals surface area contributed by atoms with Gasteiger partial charge in [0.15, 0.2) is 6.61 Å². The lowest BCUT2D eigenvalue weighted by Gasteiger charge is -2.17. The van der Waals surface area contributed by atoms with E-state index in [-0.39, 0.29) is 19.1 Å². The molecule has 0 atom stereocenters. The number of hydrogen-bond acceptors (Lipinski definition) is 6. The fourth-order valence-corrected chi connectivity index (χ4v) is 5.05. The minimum Gasteiger partial charge on any atom is -0.494 e. The fourth-order valence-electron chi connectivity index (χ4n) is 4.08. The maximum absolute atomic E-state index is 12.8. The summed E-state index contributed by atoms with van der Waals surface area (Å²) in [5.74, 6) is 0.509. The highest BCUT2D eigenvalue weighted by Crippen LogP contribution is 2.38. The van der Waals surface area contributed by atoms with E-state index < -0.39 is 5.97 Å². The summed E-state index contributed by atoms with van der Waals surface area (Å²) in [4.78, 5) is 25.5. The highest BCUT2D eigenvalue weighted by atomic mass is 32.1. The van der Waals surface area contributed by atoms with Crippen molar-refractivity contribution < 1.29 is 23.8 Å². The van der Waals surface area contributed by atoms with Gasteiger partial charge in [0.05, 0.1) is 13.2 Å². The maximum atomic E-state index is 12.8. The summed E-state index contributed by atoms with van der Waals surface area (Å²) in [6.45, 7) is 4.35. The fraction of sp³-hybridized carbons (Fsp3) is 0.333. The molecular formula is C27H29NO5S. The number of nitrogens with one attached hydrogen (secondary N) is 1. The minimum atomic E-state index is -0.445. The van der Waals surface area contributed by atoms with E-state index in [0.29, 0.717) is 22.9 Å². The summed E-state index contributed by atoms with van der Waals surface area (Å²) in [5, 5.41) is 5.20. The van der Waals surface area contributed by atoms with Crippen LogP contribution in [0.25, 0.3) is 11.1 Å². The van der Waals surface area contributed by atoms with Gasteiger partial charge < -0.3 is 19.5 Å². The van der Waals surface area contributed by atoms with E-state index in [4.69, 9.17) is 14.2 Å². The molecule has 1 aromatic heterocycles. The van der Waals surface area contributed by atoms with E-state index in [1.54, 1.807) is 31.2 Å². The number of fused-ring (bicyclic) bond motifs is 1. The third-order valence-electron chi connectivity index (χ3n) is 5.69. The quantitative estimate of drug-likeness (QED) is 0.388. The van der Waals surface area contributed by atoms with Gasteiger partial charge in [0, 0.05) is 10.9 Å². The van der Waals surface area contributed by atoms with E-state index in [0.717, 1.165) is 29.7 Å². The zero-order valence-electron chi connectivity index (χ0n) is 19.5. The molecule has 1 amide bonds. The third-order valence-corrected chi connectivity index (χ3v) is 6.58. The number of esters is 1. The molecular weight excluding hydrogens is 450 g/mol. The van der Waals surface area contributed by atoms with E-state index >= 15 is 0 Å². The van der Waals surface area contributed by atoms with Gasteiger partial charge in [-0.3, -0.25) is 4.79 Å². The van der Waals surface area contributed by atoms with Gasteiger partial charge in [0.1, 0.15) is 22.1 Å². The SMILES string of the molecule is CCOC(=O)c1c(-c2ccc3c(c2)CCCC3)csc1NC(=O)COc1ccc(OCC)cc1. The zero-order valence-corrected chi connectivity index (χ0v) is 20.3. The van der Waals surface area contributed by atoms with Gasteiger partial charge in [-0.2, -0.15) is 0 Å². The first kappa shape index (κ1) is 23.8. The summed E-state index contributed by atoms with van der Waals surface area (Å²) >= 11 is 1.32. The Bertz CT molecular complexity index is 1150. The number of amides is 1. The molecule has 0 fully saturated rings. The van der Waals surface area contributed by atoms with Crippen molar-refractivity contribution in [1.82, 2.24) is 0 Å². The first-order valence-corrected chi connectivity index (χ1v) is 12.5. The lowest BCUT2D eigenvalue weighted by molar-refractivity contribution is -0.118. The van der Waals surface area contributed by atoms with Crippen LogP contribution in [0.3, 0.4) is 0 Å². The monoisotopic (exact) mass is 479 g/mol. The largest absolute Gasteiger partial charge is 0.494 e. The predicted octanol–water partition coefficient (Wildman–Crippen LogP) is 5.89. The van der Waals surface area contributed by atoms with Gasteiger partial charge in [-0.15, -0.1) is 11.3 Å². The van der Waals surface area contributed by atoms with Crippen molar-refractivity contribution in [2.45, 2.75) is 39.5 Å². The van der Waals surface area contributed by atoms with Crippen molar-refractivity contribution in [3.8, 4) is 22.6 Å². The van der Waals surface area contributed by atoms with Gasteiger partial charge >= 0.3 is 5.97 Å². The molecule has 0 bridgehead atoms. The molecule has 4 rings (SSSR count). The van der Waals surface area contributed by atoms with Crippen molar-refractivity contribution in [3.63, 3.8) is 0 Å². The molecule has 2 aromatic carbocycles. The number of anilines is 1. The standard InChI is InChI=1S/C27H29NO5S/c1-3-31-21-11-13-22(14-12-21)33-16-24(29)28-26-25(27(30)32-4-2)23(17-34-26)20-10-9-18-7-5-6-8-19(18)15-20/h9-15,17H,3-8,16H2,1-2H3,(H,28,29). The number of benzene rings is 2. The maximum Gasteiger partial charge on any atom is 0.341 e. The number of hydrogen-bond donors (Lipinski definition) is 1. The van der Waals surface area contributed by atoms with Crippen molar-refractivity contribution in [2.75, 3.05) is 25.1 Å². The Labute approximate surface area is 203 Å². The van der Waals surface area contributed by atoms with Crippen LogP contribution < -0.4 is 14.8 Å². The second kappa shape index (κ2) is 11.2. The predicted molar refractivity (Wildman–Crippen MR) is 134 cm³/mol. The zero-order chi connectivity index (χ0) is 23.9. The molecule has 1 heterocycles. The Morgan fingerprint density at radius 1 is 0.912 bits per heavy atom. The minimum absolute atomic E-state index is 0.178. The smallest absolute Gasteiger partial charge is 0.341 e.